The van der Waals surface area contributed by atoms with Gasteiger partial charge in [0.05, 0.1) is 12.3 Å². The van der Waals surface area contributed by atoms with Gasteiger partial charge < -0.3 is 10.2 Å². The summed E-state index contributed by atoms with van der Waals surface area (Å²) in [5, 5.41) is 15.2. The number of likely N-dealkylation sites (N-methyl/N-ethyl adjacent to an activating group) is 1. The maximum absolute atomic E-state index is 11.9. The minimum Gasteiger partial charge on any atom is -0.355 e. The largest absolute Gasteiger partial charge is 0.355 e. The van der Waals surface area contributed by atoms with Gasteiger partial charge in [0.25, 0.3) is 0 Å². The van der Waals surface area contributed by atoms with E-state index in [2.05, 4.69) is 37.9 Å². The third kappa shape index (κ3) is 6.67. The third-order valence-electron chi connectivity index (χ3n) is 3.40. The lowest BCUT2D eigenvalue weighted by Gasteiger charge is -2.09. The first-order valence-corrected chi connectivity index (χ1v) is 8.98. The Morgan fingerprint density at radius 2 is 2.08 bits per heavy atom. The Morgan fingerprint density at radius 3 is 2.83 bits per heavy atom. The molecule has 7 nitrogen and oxygen atoms in total. The van der Waals surface area contributed by atoms with Crippen LogP contribution < -0.4 is 5.32 Å². The van der Waals surface area contributed by atoms with Gasteiger partial charge in [0.1, 0.15) is 0 Å². The molecule has 0 bridgehead atoms. The highest BCUT2D eigenvalue weighted by molar-refractivity contribution is 7.99. The Balaban J connectivity index is 1.64. The number of nitrogens with zero attached hydrogens (tertiary/aromatic N) is 5. The van der Waals surface area contributed by atoms with E-state index in [-0.39, 0.29) is 5.91 Å². The lowest BCUT2D eigenvalue weighted by atomic mass is 10.1. The third-order valence-corrected chi connectivity index (χ3v) is 4.35. The minimum atomic E-state index is 0.00946. The van der Waals surface area contributed by atoms with E-state index in [9.17, 15) is 4.79 Å². The average molecular weight is 348 g/mol. The molecule has 2 rings (SSSR count). The van der Waals surface area contributed by atoms with Crippen molar-refractivity contribution in [3.05, 3.63) is 35.9 Å². The van der Waals surface area contributed by atoms with E-state index < -0.39 is 0 Å². The molecule has 0 radical (unpaired) electrons. The van der Waals surface area contributed by atoms with Crippen molar-refractivity contribution in [1.29, 1.82) is 0 Å². The summed E-state index contributed by atoms with van der Waals surface area (Å²) in [6.07, 6.45) is 1.90. The minimum absolute atomic E-state index is 0.00946. The second kappa shape index (κ2) is 10.0. The molecule has 0 aliphatic heterocycles. The Labute approximate surface area is 146 Å². The number of benzene rings is 1. The zero-order valence-electron chi connectivity index (χ0n) is 14.2. The molecule has 130 valence electrons. The second-order valence-corrected chi connectivity index (χ2v) is 6.66. The fraction of sp³-hybridized carbons (Fsp3) is 0.500. The summed E-state index contributed by atoms with van der Waals surface area (Å²) in [5.41, 5.74) is 1.29. The fourth-order valence-corrected chi connectivity index (χ4v) is 2.81. The van der Waals surface area contributed by atoms with Gasteiger partial charge in [-0.3, -0.25) is 4.79 Å². The van der Waals surface area contributed by atoms with Crippen LogP contribution in [0.2, 0.25) is 0 Å². The van der Waals surface area contributed by atoms with Crippen LogP contribution in [0.3, 0.4) is 0 Å². The number of thioether (sulfide) groups is 1. The zero-order valence-corrected chi connectivity index (χ0v) is 15.0. The summed E-state index contributed by atoms with van der Waals surface area (Å²) in [7, 11) is 4.00. The van der Waals surface area contributed by atoms with E-state index >= 15 is 0 Å². The summed E-state index contributed by atoms with van der Waals surface area (Å²) in [6, 6.07) is 10.3. The number of aromatic nitrogens is 4. The van der Waals surface area contributed by atoms with Crippen LogP contribution in [0.25, 0.3) is 0 Å². The summed E-state index contributed by atoms with van der Waals surface area (Å²) in [5.74, 6) is 0.337. The Morgan fingerprint density at radius 1 is 1.29 bits per heavy atom. The standard InChI is InChI=1S/C16H24N6OS/c1-21(2)11-12-22-16(18-19-20-22)24-13-15(23)17-10-6-9-14-7-4-3-5-8-14/h3-5,7-8H,6,9-13H2,1-2H3,(H,17,23). The normalized spacial score (nSPS) is 11.0. The Bertz CT molecular complexity index is 616. The van der Waals surface area contributed by atoms with Crippen molar-refractivity contribution in [3.8, 4) is 0 Å². The van der Waals surface area contributed by atoms with Crippen LogP contribution in [0, 0.1) is 0 Å². The first-order valence-electron chi connectivity index (χ1n) is 7.99. The summed E-state index contributed by atoms with van der Waals surface area (Å²) in [4.78, 5) is 14.0. The highest BCUT2D eigenvalue weighted by atomic mass is 32.2. The molecule has 1 aromatic heterocycles. The predicted octanol–water partition coefficient (Wildman–Crippen LogP) is 1.08. The van der Waals surface area contributed by atoms with Crippen LogP contribution in [0.15, 0.2) is 35.5 Å². The van der Waals surface area contributed by atoms with Gasteiger partial charge in [-0.1, -0.05) is 42.1 Å². The van der Waals surface area contributed by atoms with Gasteiger partial charge in [0.15, 0.2) is 0 Å². The molecule has 0 unspecified atom stereocenters. The van der Waals surface area contributed by atoms with E-state index in [0.29, 0.717) is 24.0 Å². The highest BCUT2D eigenvalue weighted by Gasteiger charge is 2.09. The molecule has 0 spiro atoms. The maximum Gasteiger partial charge on any atom is 0.230 e. The molecule has 0 saturated heterocycles. The molecule has 1 N–H and O–H groups in total. The van der Waals surface area contributed by atoms with Crippen LogP contribution >= 0.6 is 11.8 Å². The monoisotopic (exact) mass is 348 g/mol. The van der Waals surface area contributed by atoms with Crippen LogP contribution in [0.5, 0.6) is 0 Å². The number of amides is 1. The highest BCUT2D eigenvalue weighted by Crippen LogP contribution is 2.12. The maximum atomic E-state index is 11.9. The van der Waals surface area contributed by atoms with Crippen molar-refractivity contribution in [1.82, 2.24) is 30.4 Å². The predicted molar refractivity (Wildman–Crippen MR) is 94.9 cm³/mol. The van der Waals surface area contributed by atoms with E-state index in [0.717, 1.165) is 19.4 Å². The van der Waals surface area contributed by atoms with E-state index in [1.165, 1.54) is 17.3 Å². The molecule has 0 aliphatic carbocycles. The quantitative estimate of drug-likeness (QED) is 0.511. The van der Waals surface area contributed by atoms with Crippen molar-refractivity contribution >= 4 is 17.7 Å². The zero-order chi connectivity index (χ0) is 17.2. The lowest BCUT2D eigenvalue weighted by Crippen LogP contribution is -2.26. The Kier molecular flexibility index (Phi) is 7.70. The number of hydrogen-bond donors (Lipinski definition) is 1. The molecule has 0 fully saturated rings. The molecule has 1 aromatic carbocycles. The van der Waals surface area contributed by atoms with Crippen LogP contribution in [-0.4, -0.2) is 64.0 Å². The smallest absolute Gasteiger partial charge is 0.230 e. The second-order valence-electron chi connectivity index (χ2n) is 5.72. The molecule has 0 saturated carbocycles. The average Bonchev–Trinajstić information content (AvgIpc) is 3.03. The molecule has 2 aromatic rings. The molecular weight excluding hydrogens is 324 g/mol. The molecule has 1 amide bonds. The van der Waals surface area contributed by atoms with Gasteiger partial charge in [0, 0.05) is 13.1 Å². The van der Waals surface area contributed by atoms with Gasteiger partial charge >= 0.3 is 0 Å². The van der Waals surface area contributed by atoms with Gasteiger partial charge in [-0.05, 0) is 42.9 Å². The summed E-state index contributed by atoms with van der Waals surface area (Å²) >= 11 is 1.36. The lowest BCUT2D eigenvalue weighted by molar-refractivity contribution is -0.118. The van der Waals surface area contributed by atoms with E-state index in [1.807, 2.05) is 32.3 Å². The molecule has 8 heteroatoms. The topological polar surface area (TPSA) is 75.9 Å². The number of aryl methyl sites for hydroxylation is 1. The summed E-state index contributed by atoms with van der Waals surface area (Å²) in [6.45, 7) is 2.24. The fourth-order valence-electron chi connectivity index (χ4n) is 2.08. The molecule has 24 heavy (non-hydrogen) atoms. The van der Waals surface area contributed by atoms with Crippen molar-refractivity contribution in [3.63, 3.8) is 0 Å². The van der Waals surface area contributed by atoms with Crippen molar-refractivity contribution in [2.75, 3.05) is 32.9 Å². The van der Waals surface area contributed by atoms with Gasteiger partial charge in [0.2, 0.25) is 11.1 Å². The van der Waals surface area contributed by atoms with E-state index in [4.69, 9.17) is 0 Å². The molecule has 0 aliphatic rings. The number of tetrazole rings is 1. The van der Waals surface area contributed by atoms with Crippen LogP contribution in [-0.2, 0) is 17.8 Å². The number of carbonyl (C=O) groups excluding carboxylic acids is 1. The van der Waals surface area contributed by atoms with Crippen LogP contribution in [0.1, 0.15) is 12.0 Å². The Hall–Kier alpha value is -1.93. The van der Waals surface area contributed by atoms with E-state index in [1.54, 1.807) is 4.68 Å². The molecule has 1 heterocycles. The number of rotatable bonds is 10. The first-order chi connectivity index (χ1) is 11.6. The number of carbonyl (C=O) groups is 1. The summed E-state index contributed by atoms with van der Waals surface area (Å²) < 4.78 is 1.73. The SMILES string of the molecule is CN(C)CCn1nnnc1SCC(=O)NCCCc1ccccc1. The van der Waals surface area contributed by atoms with Crippen molar-refractivity contribution in [2.24, 2.45) is 0 Å². The first kappa shape index (κ1) is 18.4. The van der Waals surface area contributed by atoms with Crippen molar-refractivity contribution < 1.29 is 4.79 Å². The molecule has 0 atom stereocenters. The number of nitrogens with one attached hydrogen (secondary N) is 1. The van der Waals surface area contributed by atoms with Gasteiger partial charge in [-0.2, -0.15) is 0 Å². The van der Waals surface area contributed by atoms with Gasteiger partial charge in [-0.25, -0.2) is 4.68 Å². The molecular formula is C16H24N6OS. The van der Waals surface area contributed by atoms with Crippen molar-refractivity contribution in [2.45, 2.75) is 24.5 Å². The van der Waals surface area contributed by atoms with Gasteiger partial charge in [-0.15, -0.1) is 5.10 Å². The number of hydrogen-bond acceptors (Lipinski definition) is 6. The van der Waals surface area contributed by atoms with Crippen LogP contribution in [0.4, 0.5) is 0 Å².